The smallest absolute Gasteiger partial charge is 0.129 e. The molecule has 118 valence electrons. The molecule has 1 aromatic carbocycles. The number of aryl methyl sites for hydroxylation is 1. The molecule has 1 nitrogen and oxygen atoms in total. The van der Waals surface area contributed by atoms with Crippen molar-refractivity contribution in [2.75, 3.05) is 0 Å². The molecule has 0 fully saturated rings. The maximum atomic E-state index is 9.81. The van der Waals surface area contributed by atoms with Crippen LogP contribution in [0.2, 0.25) is 5.02 Å². The van der Waals surface area contributed by atoms with Crippen LogP contribution in [0.3, 0.4) is 0 Å². The third-order valence-corrected chi connectivity index (χ3v) is 2.71. The number of ketones is 1. The van der Waals surface area contributed by atoms with Gasteiger partial charge in [-0.05, 0) is 25.5 Å². The molecule has 0 unspecified atom stereocenters. The van der Waals surface area contributed by atoms with Gasteiger partial charge in [-0.15, -0.1) is 0 Å². The first-order chi connectivity index (χ1) is 9.49. The van der Waals surface area contributed by atoms with Crippen molar-refractivity contribution in [1.29, 1.82) is 0 Å². The van der Waals surface area contributed by atoms with E-state index in [1.807, 2.05) is 52.0 Å². The molecule has 0 amide bonds. The van der Waals surface area contributed by atoms with E-state index in [4.69, 9.17) is 11.6 Å². The SMILES string of the molecule is CC.CCC(C)=O.CCCCC.Cc1ccccc1Cl. The average Bonchev–Trinajstić information content (AvgIpc) is 2.46. The summed E-state index contributed by atoms with van der Waals surface area (Å²) in [5.74, 6) is 0.255. The third-order valence-electron chi connectivity index (χ3n) is 2.28. The summed E-state index contributed by atoms with van der Waals surface area (Å²) in [5, 5.41) is 0.840. The summed E-state index contributed by atoms with van der Waals surface area (Å²) in [5.41, 5.74) is 1.13. The van der Waals surface area contributed by atoms with E-state index < -0.39 is 0 Å². The maximum Gasteiger partial charge on any atom is 0.129 e. The van der Waals surface area contributed by atoms with Crippen molar-refractivity contribution < 1.29 is 4.79 Å². The van der Waals surface area contributed by atoms with Crippen molar-refractivity contribution in [3.63, 3.8) is 0 Å². The Morgan fingerprint density at radius 2 is 1.45 bits per heavy atom. The highest BCUT2D eigenvalue weighted by Gasteiger charge is 1.86. The number of unbranched alkanes of at least 4 members (excludes halogenated alkanes) is 2. The van der Waals surface area contributed by atoms with Crippen LogP contribution in [-0.4, -0.2) is 5.78 Å². The van der Waals surface area contributed by atoms with Crippen LogP contribution in [0.25, 0.3) is 0 Å². The first-order valence-corrected chi connectivity index (χ1v) is 8.07. The van der Waals surface area contributed by atoms with Crippen molar-refractivity contribution >= 4 is 17.4 Å². The molecule has 0 aromatic heterocycles. The Morgan fingerprint density at radius 3 is 1.60 bits per heavy atom. The number of halogens is 1. The molecular formula is C18H33ClO. The standard InChI is InChI=1S/C7H7Cl.C5H12.C4H8O.C2H6/c1-6-4-2-3-5-7(6)8;1-3-5-4-2;1-3-4(2)5;1-2/h2-5H,1H3;3-5H2,1-2H3;3H2,1-2H3;1-2H3. The minimum Gasteiger partial charge on any atom is -0.300 e. The summed E-state index contributed by atoms with van der Waals surface area (Å²) in [7, 11) is 0. The second-order valence-corrected chi connectivity index (χ2v) is 4.57. The van der Waals surface area contributed by atoms with Crippen molar-refractivity contribution in [3.8, 4) is 0 Å². The minimum absolute atomic E-state index is 0.255. The largest absolute Gasteiger partial charge is 0.300 e. The summed E-state index contributed by atoms with van der Waals surface area (Å²) < 4.78 is 0. The normalized spacial score (nSPS) is 8.00. The van der Waals surface area contributed by atoms with Gasteiger partial charge in [-0.1, -0.05) is 83.7 Å². The quantitative estimate of drug-likeness (QED) is 0.596. The van der Waals surface area contributed by atoms with E-state index >= 15 is 0 Å². The Balaban J connectivity index is -0.000000213. The van der Waals surface area contributed by atoms with Crippen LogP contribution in [0.4, 0.5) is 0 Å². The molecule has 0 spiro atoms. The molecule has 0 saturated heterocycles. The fraction of sp³-hybridized carbons (Fsp3) is 0.611. The van der Waals surface area contributed by atoms with Gasteiger partial charge in [-0.2, -0.15) is 0 Å². The molecule has 0 N–H and O–H groups in total. The lowest BCUT2D eigenvalue weighted by molar-refractivity contribution is -0.116. The van der Waals surface area contributed by atoms with Gasteiger partial charge in [0.1, 0.15) is 5.78 Å². The molecule has 0 heterocycles. The van der Waals surface area contributed by atoms with Crippen LogP contribution in [-0.2, 0) is 4.79 Å². The molecule has 0 aliphatic rings. The Morgan fingerprint density at radius 1 is 1.05 bits per heavy atom. The fourth-order valence-electron chi connectivity index (χ4n) is 0.905. The highest BCUT2D eigenvalue weighted by atomic mass is 35.5. The molecule has 0 saturated carbocycles. The number of hydrogen-bond donors (Lipinski definition) is 0. The van der Waals surface area contributed by atoms with Crippen LogP contribution in [0.1, 0.15) is 72.8 Å². The van der Waals surface area contributed by atoms with E-state index in [0.717, 1.165) is 10.6 Å². The fourth-order valence-corrected chi connectivity index (χ4v) is 1.04. The van der Waals surface area contributed by atoms with Gasteiger partial charge in [-0.25, -0.2) is 0 Å². The highest BCUT2D eigenvalue weighted by molar-refractivity contribution is 6.31. The topological polar surface area (TPSA) is 17.1 Å². The number of carbonyl (C=O) groups excluding carboxylic acids is 1. The average molecular weight is 301 g/mol. The third kappa shape index (κ3) is 22.4. The van der Waals surface area contributed by atoms with Gasteiger partial charge in [0, 0.05) is 11.4 Å². The van der Waals surface area contributed by atoms with E-state index in [2.05, 4.69) is 13.8 Å². The van der Waals surface area contributed by atoms with Gasteiger partial charge in [0.15, 0.2) is 0 Å². The molecule has 0 aliphatic carbocycles. The summed E-state index contributed by atoms with van der Waals surface area (Å²) in [6.07, 6.45) is 4.74. The van der Waals surface area contributed by atoms with E-state index in [0.29, 0.717) is 6.42 Å². The summed E-state index contributed by atoms with van der Waals surface area (Å²) >= 11 is 5.71. The number of carbonyl (C=O) groups is 1. The number of rotatable bonds is 3. The number of Topliss-reactive ketones (excluding diaryl/α,β-unsaturated/α-hetero) is 1. The lowest BCUT2D eigenvalue weighted by Gasteiger charge is -1.90. The Kier molecular flexibility index (Phi) is 24.8. The lowest BCUT2D eigenvalue weighted by Crippen LogP contribution is -1.80. The lowest BCUT2D eigenvalue weighted by atomic mass is 10.2. The van der Waals surface area contributed by atoms with Crippen molar-refractivity contribution in [3.05, 3.63) is 34.9 Å². The van der Waals surface area contributed by atoms with Gasteiger partial charge >= 0.3 is 0 Å². The Bertz CT molecular complexity index is 285. The number of hydrogen-bond acceptors (Lipinski definition) is 1. The summed E-state index contributed by atoms with van der Waals surface area (Å²) in [4.78, 5) is 9.81. The van der Waals surface area contributed by atoms with Gasteiger partial charge < -0.3 is 4.79 Å². The molecule has 0 radical (unpaired) electrons. The second kappa shape index (κ2) is 20.5. The predicted octanol–water partition coefficient (Wildman–Crippen LogP) is 6.86. The van der Waals surface area contributed by atoms with Gasteiger partial charge in [0.2, 0.25) is 0 Å². The zero-order valence-corrected chi connectivity index (χ0v) is 15.2. The number of benzene rings is 1. The molecule has 0 bridgehead atoms. The molecular weight excluding hydrogens is 268 g/mol. The molecule has 0 atom stereocenters. The second-order valence-electron chi connectivity index (χ2n) is 4.16. The van der Waals surface area contributed by atoms with E-state index in [1.165, 1.54) is 19.3 Å². The maximum absolute atomic E-state index is 9.81. The summed E-state index contributed by atoms with van der Waals surface area (Å²) in [6.45, 7) is 13.8. The molecule has 1 rings (SSSR count). The zero-order chi connectivity index (χ0) is 16.4. The monoisotopic (exact) mass is 300 g/mol. The van der Waals surface area contributed by atoms with Crippen LogP contribution < -0.4 is 0 Å². The van der Waals surface area contributed by atoms with Gasteiger partial charge in [-0.3, -0.25) is 0 Å². The van der Waals surface area contributed by atoms with Gasteiger partial charge in [0.25, 0.3) is 0 Å². The van der Waals surface area contributed by atoms with Crippen molar-refractivity contribution in [1.82, 2.24) is 0 Å². The summed E-state index contributed by atoms with van der Waals surface area (Å²) in [6, 6.07) is 7.77. The molecule has 20 heavy (non-hydrogen) atoms. The first-order valence-electron chi connectivity index (χ1n) is 7.70. The minimum atomic E-state index is 0.255. The molecule has 1 aromatic rings. The predicted molar refractivity (Wildman–Crippen MR) is 93.7 cm³/mol. The molecule has 2 heteroatoms. The Labute approximate surface area is 131 Å². The van der Waals surface area contributed by atoms with Crippen molar-refractivity contribution in [2.24, 2.45) is 0 Å². The molecule has 0 aliphatic heterocycles. The van der Waals surface area contributed by atoms with Crippen LogP contribution >= 0.6 is 11.6 Å². The van der Waals surface area contributed by atoms with Crippen LogP contribution in [0.5, 0.6) is 0 Å². The van der Waals surface area contributed by atoms with Crippen LogP contribution in [0, 0.1) is 6.92 Å². The highest BCUT2D eigenvalue weighted by Crippen LogP contribution is 2.11. The van der Waals surface area contributed by atoms with Crippen LogP contribution in [0.15, 0.2) is 24.3 Å². The van der Waals surface area contributed by atoms with Crippen molar-refractivity contribution in [2.45, 2.75) is 74.1 Å². The zero-order valence-electron chi connectivity index (χ0n) is 14.4. The van der Waals surface area contributed by atoms with E-state index in [9.17, 15) is 4.79 Å². The first kappa shape index (κ1) is 24.2. The van der Waals surface area contributed by atoms with E-state index in [-0.39, 0.29) is 5.78 Å². The van der Waals surface area contributed by atoms with Gasteiger partial charge in [0.05, 0.1) is 0 Å². The van der Waals surface area contributed by atoms with E-state index in [1.54, 1.807) is 6.92 Å². The Hall–Kier alpha value is -0.820.